The molecule has 0 radical (unpaired) electrons. The smallest absolute Gasteiger partial charge is 0.0354 e. The zero-order valence-corrected chi connectivity index (χ0v) is 23.2. The van der Waals surface area contributed by atoms with Gasteiger partial charge in [0.1, 0.15) is 0 Å². The van der Waals surface area contributed by atoms with Crippen LogP contribution in [0.5, 0.6) is 0 Å². The van der Waals surface area contributed by atoms with Crippen LogP contribution in [0.25, 0.3) is 0 Å². The third kappa shape index (κ3) is 13.4. The molecule has 0 rings (SSSR count). The van der Waals surface area contributed by atoms with Gasteiger partial charge in [-0.15, -0.1) is 0 Å². The molecule has 0 bridgehead atoms. The Bertz CT molecular complexity index is 376. The molecule has 0 aromatic heterocycles. The fourth-order valence-corrected chi connectivity index (χ4v) is 5.21. The van der Waals surface area contributed by atoms with Gasteiger partial charge in [-0.25, -0.2) is 0 Å². The van der Waals surface area contributed by atoms with Crippen LogP contribution in [-0.4, -0.2) is 0 Å². The Hall–Kier alpha value is 0. The third-order valence-electron chi connectivity index (χ3n) is 8.86. The highest BCUT2D eigenvalue weighted by molar-refractivity contribution is 4.81. The van der Waals surface area contributed by atoms with Gasteiger partial charge in [0.05, 0.1) is 0 Å². The van der Waals surface area contributed by atoms with Crippen LogP contribution in [0.4, 0.5) is 0 Å². The van der Waals surface area contributed by atoms with E-state index in [0.29, 0.717) is 5.41 Å². The van der Waals surface area contributed by atoms with E-state index in [1.54, 1.807) is 0 Å². The van der Waals surface area contributed by atoms with E-state index in [2.05, 4.69) is 69.2 Å². The number of hydrogen-bond donors (Lipinski definition) is 0. The fourth-order valence-electron chi connectivity index (χ4n) is 5.21. The van der Waals surface area contributed by atoms with Crippen LogP contribution in [0.2, 0.25) is 0 Å². The molecule has 182 valence electrons. The van der Waals surface area contributed by atoms with Crippen LogP contribution in [-0.2, 0) is 0 Å². The van der Waals surface area contributed by atoms with Crippen molar-refractivity contribution < 1.29 is 0 Å². The van der Waals surface area contributed by atoms with E-state index in [1.807, 2.05) is 0 Å². The molecule has 0 saturated heterocycles. The Kier molecular flexibility index (Phi) is 16.6. The van der Waals surface area contributed by atoms with Crippen LogP contribution < -0.4 is 0 Å². The molecule has 0 amide bonds. The zero-order chi connectivity index (χ0) is 23.2. The quantitative estimate of drug-likeness (QED) is 0.193. The van der Waals surface area contributed by atoms with Crippen LogP contribution in [0, 0.1) is 40.9 Å². The van der Waals surface area contributed by atoms with E-state index < -0.39 is 0 Å². The van der Waals surface area contributed by atoms with Gasteiger partial charge in [0.2, 0.25) is 0 Å². The monoisotopic (exact) mass is 422 g/mol. The molecule has 0 aromatic rings. The molecule has 0 fully saturated rings. The highest BCUT2D eigenvalue weighted by atomic mass is 14.4. The number of unbranched alkanes of at least 4 members (excludes halogenated alkanes) is 10. The molecule has 0 aliphatic heterocycles. The number of rotatable bonds is 18. The second kappa shape index (κ2) is 16.6. The predicted molar refractivity (Wildman–Crippen MR) is 140 cm³/mol. The Balaban J connectivity index is 3.93. The van der Waals surface area contributed by atoms with Crippen molar-refractivity contribution in [2.45, 2.75) is 153 Å². The lowest BCUT2D eigenvalue weighted by Crippen LogP contribution is -2.31. The Morgan fingerprint density at radius 2 is 0.933 bits per heavy atom. The third-order valence-corrected chi connectivity index (χ3v) is 8.86. The highest BCUT2D eigenvalue weighted by Gasteiger charge is 2.31. The van der Waals surface area contributed by atoms with Gasteiger partial charge in [-0.05, 0) is 47.3 Å². The minimum atomic E-state index is 0.418. The summed E-state index contributed by atoms with van der Waals surface area (Å²) < 4.78 is 0. The van der Waals surface area contributed by atoms with Gasteiger partial charge in [-0.2, -0.15) is 0 Å². The normalized spacial score (nSPS) is 18.6. The summed E-state index contributed by atoms with van der Waals surface area (Å²) in [5.41, 5.74) is 0.418. The fraction of sp³-hybridized carbons (Fsp3) is 1.00. The van der Waals surface area contributed by atoms with E-state index in [4.69, 9.17) is 0 Å². The minimum Gasteiger partial charge on any atom is -0.0654 e. The van der Waals surface area contributed by atoms with E-state index in [-0.39, 0.29) is 0 Å². The maximum Gasteiger partial charge on any atom is -0.0354 e. The summed E-state index contributed by atoms with van der Waals surface area (Å²) in [6.45, 7) is 24.5. The molecule has 0 heterocycles. The van der Waals surface area contributed by atoms with Gasteiger partial charge in [-0.3, -0.25) is 0 Å². The minimum absolute atomic E-state index is 0.418. The summed E-state index contributed by atoms with van der Waals surface area (Å²) in [7, 11) is 0. The molecule has 0 N–H and O–H groups in total. The summed E-state index contributed by atoms with van der Waals surface area (Å²) in [6.07, 6.45) is 18.8. The Morgan fingerprint density at radius 1 is 0.500 bits per heavy atom. The van der Waals surface area contributed by atoms with Crippen molar-refractivity contribution in [2.24, 2.45) is 40.9 Å². The van der Waals surface area contributed by atoms with E-state index in [9.17, 15) is 0 Å². The lowest BCUT2D eigenvalue weighted by Gasteiger charge is -2.39. The van der Waals surface area contributed by atoms with Crippen LogP contribution in [0.15, 0.2) is 0 Å². The summed E-state index contributed by atoms with van der Waals surface area (Å²) in [5.74, 6) is 4.97. The van der Waals surface area contributed by atoms with Gasteiger partial charge < -0.3 is 0 Å². The van der Waals surface area contributed by atoms with Crippen molar-refractivity contribution in [3.05, 3.63) is 0 Å². The van der Waals surface area contributed by atoms with Gasteiger partial charge in [0, 0.05) is 0 Å². The van der Waals surface area contributed by atoms with Gasteiger partial charge in [0.15, 0.2) is 0 Å². The first kappa shape index (κ1) is 30.0. The van der Waals surface area contributed by atoms with Crippen molar-refractivity contribution in [3.63, 3.8) is 0 Å². The van der Waals surface area contributed by atoms with Gasteiger partial charge in [-0.1, -0.05) is 146 Å². The van der Waals surface area contributed by atoms with Gasteiger partial charge in [0.25, 0.3) is 0 Å². The van der Waals surface area contributed by atoms with E-state index >= 15 is 0 Å². The SMILES string of the molecule is CCCCCCCCCCCCCC(C)C(C)CC(C)C(C)C(C)C(C)C(C)(C)C. The molecule has 6 atom stereocenters. The topological polar surface area (TPSA) is 0 Å². The summed E-state index contributed by atoms with van der Waals surface area (Å²) in [6, 6.07) is 0. The highest BCUT2D eigenvalue weighted by Crippen LogP contribution is 2.39. The molecular weight excluding hydrogens is 360 g/mol. The Morgan fingerprint density at radius 3 is 1.37 bits per heavy atom. The lowest BCUT2D eigenvalue weighted by atomic mass is 9.67. The van der Waals surface area contributed by atoms with Crippen molar-refractivity contribution >= 4 is 0 Å². The molecule has 0 aromatic carbocycles. The van der Waals surface area contributed by atoms with Crippen LogP contribution >= 0.6 is 0 Å². The first-order chi connectivity index (χ1) is 14.0. The lowest BCUT2D eigenvalue weighted by molar-refractivity contribution is 0.107. The molecule has 0 heteroatoms. The molecule has 30 heavy (non-hydrogen) atoms. The van der Waals surface area contributed by atoms with E-state index in [1.165, 1.54) is 83.5 Å². The van der Waals surface area contributed by atoms with Crippen molar-refractivity contribution in [3.8, 4) is 0 Å². The molecule has 0 nitrogen and oxygen atoms in total. The van der Waals surface area contributed by atoms with Crippen LogP contribution in [0.1, 0.15) is 153 Å². The zero-order valence-electron chi connectivity index (χ0n) is 23.2. The Labute approximate surface area is 193 Å². The standard InChI is InChI=1S/C30H62/c1-11-12-13-14-15-16-17-18-19-20-21-22-24(2)25(3)23-26(4)27(5)28(6)29(7)30(8,9)10/h24-29H,11-23H2,1-10H3. The maximum absolute atomic E-state index is 2.52. The molecule has 6 unspecified atom stereocenters. The maximum atomic E-state index is 2.52. The van der Waals surface area contributed by atoms with Crippen LogP contribution in [0.3, 0.4) is 0 Å². The first-order valence-corrected chi connectivity index (χ1v) is 14.0. The summed E-state index contributed by atoms with van der Waals surface area (Å²) in [5, 5.41) is 0. The molecule has 0 aliphatic rings. The molecule has 0 aliphatic carbocycles. The number of hydrogen-bond acceptors (Lipinski definition) is 0. The summed E-state index contributed by atoms with van der Waals surface area (Å²) >= 11 is 0. The average Bonchev–Trinajstić information content (AvgIpc) is 2.69. The predicted octanol–water partition coefficient (Wildman–Crippen LogP) is 10.9. The second-order valence-electron chi connectivity index (χ2n) is 12.4. The van der Waals surface area contributed by atoms with Crippen molar-refractivity contribution in [1.29, 1.82) is 0 Å². The molecule has 0 saturated carbocycles. The van der Waals surface area contributed by atoms with E-state index in [0.717, 1.165) is 35.5 Å². The largest absolute Gasteiger partial charge is 0.0654 e. The average molecular weight is 423 g/mol. The van der Waals surface area contributed by atoms with Crippen molar-refractivity contribution in [1.82, 2.24) is 0 Å². The summed E-state index contributed by atoms with van der Waals surface area (Å²) in [4.78, 5) is 0. The van der Waals surface area contributed by atoms with Crippen molar-refractivity contribution in [2.75, 3.05) is 0 Å². The second-order valence-corrected chi connectivity index (χ2v) is 12.4. The molecule has 0 spiro atoms. The molecular formula is C30H62. The van der Waals surface area contributed by atoms with Gasteiger partial charge >= 0.3 is 0 Å². The first-order valence-electron chi connectivity index (χ1n) is 14.0.